The number of ether oxygens (including phenoxy) is 1. The number of nitrogens with one attached hydrogen (secondary N) is 1. The number of anilines is 1. The first-order valence-corrected chi connectivity index (χ1v) is 16.9. The molecule has 4 aromatic rings. The summed E-state index contributed by atoms with van der Waals surface area (Å²) >= 11 is 6.06. The first-order valence-electron chi connectivity index (χ1n) is 15.1. The van der Waals surface area contributed by atoms with E-state index in [1.54, 1.807) is 43.5 Å². The van der Waals surface area contributed by atoms with E-state index in [9.17, 15) is 18.0 Å². The number of sulfonamides is 1. The molecule has 0 aliphatic carbocycles. The van der Waals surface area contributed by atoms with E-state index in [-0.39, 0.29) is 29.7 Å². The van der Waals surface area contributed by atoms with E-state index in [1.165, 1.54) is 29.2 Å². The van der Waals surface area contributed by atoms with Crippen molar-refractivity contribution in [3.05, 3.63) is 125 Å². The lowest BCUT2D eigenvalue weighted by atomic mass is 10.0. The maximum Gasteiger partial charge on any atom is 0.264 e. The van der Waals surface area contributed by atoms with Crippen LogP contribution < -0.4 is 14.4 Å². The van der Waals surface area contributed by atoms with Gasteiger partial charge in [0.15, 0.2) is 0 Å². The third kappa shape index (κ3) is 9.11. The molecule has 0 saturated heterocycles. The summed E-state index contributed by atoms with van der Waals surface area (Å²) in [5.41, 5.74) is 2.84. The predicted molar refractivity (Wildman–Crippen MR) is 182 cm³/mol. The summed E-state index contributed by atoms with van der Waals surface area (Å²) in [6.45, 7) is 5.81. The van der Waals surface area contributed by atoms with Crippen LogP contribution in [0.1, 0.15) is 30.5 Å². The average molecular weight is 662 g/mol. The monoisotopic (exact) mass is 661 g/mol. The Morgan fingerprint density at radius 3 is 2.15 bits per heavy atom. The summed E-state index contributed by atoms with van der Waals surface area (Å²) in [5.74, 6) is -0.0800. The summed E-state index contributed by atoms with van der Waals surface area (Å²) < 4.78 is 34.7. The lowest BCUT2D eigenvalue weighted by Crippen LogP contribution is -2.53. The number of benzene rings is 4. The number of aryl methyl sites for hydroxylation is 1. The summed E-state index contributed by atoms with van der Waals surface area (Å²) in [4.78, 5) is 29.9. The van der Waals surface area contributed by atoms with Gasteiger partial charge in [0.05, 0.1) is 17.7 Å². The number of halogens is 1. The van der Waals surface area contributed by atoms with Crippen molar-refractivity contribution in [3.8, 4) is 5.75 Å². The van der Waals surface area contributed by atoms with Crippen molar-refractivity contribution in [1.29, 1.82) is 0 Å². The summed E-state index contributed by atoms with van der Waals surface area (Å²) in [7, 11) is -2.66. The highest BCUT2D eigenvalue weighted by Gasteiger charge is 2.34. The fourth-order valence-corrected chi connectivity index (χ4v) is 6.46. The van der Waals surface area contributed by atoms with Crippen LogP contribution in [0.15, 0.2) is 108 Å². The smallest absolute Gasteiger partial charge is 0.264 e. The third-order valence-electron chi connectivity index (χ3n) is 7.45. The van der Waals surface area contributed by atoms with Gasteiger partial charge in [0, 0.05) is 24.5 Å². The highest BCUT2D eigenvalue weighted by molar-refractivity contribution is 7.92. The Kier molecular flexibility index (Phi) is 11.8. The third-order valence-corrected chi connectivity index (χ3v) is 9.49. The van der Waals surface area contributed by atoms with Gasteiger partial charge in [-0.3, -0.25) is 13.9 Å². The number of carbonyl (C=O) groups excluding carboxylic acids is 2. The van der Waals surface area contributed by atoms with Gasteiger partial charge in [-0.1, -0.05) is 85.6 Å². The zero-order valence-corrected chi connectivity index (χ0v) is 28.1. The number of nitrogens with zero attached hydrogens (tertiary/aromatic N) is 2. The molecule has 0 aromatic heterocycles. The molecule has 4 rings (SSSR count). The van der Waals surface area contributed by atoms with E-state index in [0.29, 0.717) is 23.0 Å². The zero-order chi connectivity index (χ0) is 33.3. The van der Waals surface area contributed by atoms with Crippen molar-refractivity contribution in [2.24, 2.45) is 5.92 Å². The second-order valence-corrected chi connectivity index (χ2v) is 13.8. The molecular formula is C36H40ClN3O5S. The minimum absolute atomic E-state index is 0.0138. The van der Waals surface area contributed by atoms with Crippen LogP contribution in [0.25, 0.3) is 0 Å². The van der Waals surface area contributed by atoms with E-state index in [2.05, 4.69) is 5.32 Å². The minimum atomic E-state index is -4.22. The predicted octanol–water partition coefficient (Wildman–Crippen LogP) is 6.26. The van der Waals surface area contributed by atoms with Crippen LogP contribution in [0.3, 0.4) is 0 Å². The molecule has 1 atom stereocenters. The van der Waals surface area contributed by atoms with E-state index in [0.717, 1.165) is 21.0 Å². The Hall–Kier alpha value is -4.34. The van der Waals surface area contributed by atoms with Crippen molar-refractivity contribution < 1.29 is 22.7 Å². The topological polar surface area (TPSA) is 96.0 Å². The molecule has 0 bridgehead atoms. The standard InChI is InChI=1S/C36H40ClN3O5S/c1-26(2)23-38-36(42)34(22-28-9-6-5-7-10-28)39(24-29-11-8-12-32(21-29)45-4)35(41)25-40(31-17-13-27(3)14-18-31)46(43,44)33-19-15-30(37)16-20-33/h5-21,26,34H,22-25H2,1-4H3,(H,38,42). The molecule has 2 amide bonds. The molecule has 242 valence electrons. The van der Waals surface area contributed by atoms with Crippen LogP contribution in [-0.2, 0) is 32.6 Å². The molecule has 46 heavy (non-hydrogen) atoms. The molecule has 1 unspecified atom stereocenters. The van der Waals surface area contributed by atoms with Gasteiger partial charge in [-0.2, -0.15) is 0 Å². The highest BCUT2D eigenvalue weighted by atomic mass is 35.5. The Balaban J connectivity index is 1.80. The lowest BCUT2D eigenvalue weighted by molar-refractivity contribution is -0.140. The summed E-state index contributed by atoms with van der Waals surface area (Å²) in [5, 5.41) is 3.38. The number of amides is 2. The molecule has 0 spiro atoms. The van der Waals surface area contributed by atoms with Crippen molar-refractivity contribution in [3.63, 3.8) is 0 Å². The molecule has 8 nitrogen and oxygen atoms in total. The molecule has 1 N–H and O–H groups in total. The van der Waals surface area contributed by atoms with E-state index < -0.39 is 28.5 Å². The largest absolute Gasteiger partial charge is 0.497 e. The Morgan fingerprint density at radius 1 is 0.870 bits per heavy atom. The number of rotatable bonds is 14. The second-order valence-electron chi connectivity index (χ2n) is 11.5. The van der Waals surface area contributed by atoms with Crippen molar-refractivity contribution in [2.75, 3.05) is 24.5 Å². The summed E-state index contributed by atoms with van der Waals surface area (Å²) in [6.07, 6.45) is 0.231. The molecule has 0 aliphatic heterocycles. The number of hydrogen-bond acceptors (Lipinski definition) is 5. The fourth-order valence-electron chi connectivity index (χ4n) is 4.92. The van der Waals surface area contributed by atoms with Crippen LogP contribution in [0.2, 0.25) is 5.02 Å². The van der Waals surface area contributed by atoms with Crippen LogP contribution in [0, 0.1) is 12.8 Å². The van der Waals surface area contributed by atoms with Crippen LogP contribution in [-0.4, -0.2) is 51.4 Å². The molecule has 0 aliphatic rings. The van der Waals surface area contributed by atoms with Gasteiger partial charge in [0.1, 0.15) is 18.3 Å². The molecule has 0 heterocycles. The van der Waals surface area contributed by atoms with Crippen molar-refractivity contribution in [1.82, 2.24) is 10.2 Å². The number of carbonyl (C=O) groups is 2. The Labute approximate surface area is 277 Å². The lowest BCUT2D eigenvalue weighted by Gasteiger charge is -2.34. The van der Waals surface area contributed by atoms with E-state index in [1.807, 2.05) is 63.2 Å². The second kappa shape index (κ2) is 15.8. The molecule has 4 aromatic carbocycles. The normalized spacial score (nSPS) is 12.0. The van der Waals surface area contributed by atoms with Crippen LogP contribution in [0.4, 0.5) is 5.69 Å². The maximum atomic E-state index is 14.5. The van der Waals surface area contributed by atoms with Crippen LogP contribution >= 0.6 is 11.6 Å². The van der Waals surface area contributed by atoms with Gasteiger partial charge in [-0.25, -0.2) is 8.42 Å². The number of methoxy groups -OCH3 is 1. The van der Waals surface area contributed by atoms with Gasteiger partial charge in [0.2, 0.25) is 11.8 Å². The molecule has 10 heteroatoms. The minimum Gasteiger partial charge on any atom is -0.497 e. The molecule has 0 fully saturated rings. The average Bonchev–Trinajstić information content (AvgIpc) is 3.05. The van der Waals surface area contributed by atoms with Crippen LogP contribution in [0.5, 0.6) is 5.75 Å². The van der Waals surface area contributed by atoms with Gasteiger partial charge >= 0.3 is 0 Å². The van der Waals surface area contributed by atoms with Gasteiger partial charge in [0.25, 0.3) is 10.0 Å². The SMILES string of the molecule is COc1cccc(CN(C(=O)CN(c2ccc(C)cc2)S(=O)(=O)c2ccc(Cl)cc2)C(Cc2ccccc2)C(=O)NCC(C)C)c1. The zero-order valence-electron chi connectivity index (χ0n) is 26.5. The van der Waals surface area contributed by atoms with Crippen molar-refractivity contribution >= 4 is 39.1 Å². The number of hydrogen-bond donors (Lipinski definition) is 1. The molecule has 0 saturated carbocycles. The highest BCUT2D eigenvalue weighted by Crippen LogP contribution is 2.27. The van der Waals surface area contributed by atoms with Gasteiger partial charge in [-0.05, 0) is 72.5 Å². The Morgan fingerprint density at radius 2 is 1.52 bits per heavy atom. The van der Waals surface area contributed by atoms with Crippen molar-refractivity contribution in [2.45, 2.75) is 44.7 Å². The molecule has 0 radical (unpaired) electrons. The molecular weight excluding hydrogens is 622 g/mol. The maximum absolute atomic E-state index is 14.5. The first kappa shape index (κ1) is 34.5. The Bertz CT molecular complexity index is 1710. The quantitative estimate of drug-likeness (QED) is 0.172. The van der Waals surface area contributed by atoms with E-state index >= 15 is 0 Å². The van der Waals surface area contributed by atoms with E-state index in [4.69, 9.17) is 16.3 Å². The fraction of sp³-hybridized carbons (Fsp3) is 0.278. The van der Waals surface area contributed by atoms with Gasteiger partial charge in [-0.15, -0.1) is 0 Å². The van der Waals surface area contributed by atoms with Gasteiger partial charge < -0.3 is 15.0 Å². The summed E-state index contributed by atoms with van der Waals surface area (Å²) in [6, 6.07) is 28.5. The first-order chi connectivity index (χ1) is 22.0.